The first-order chi connectivity index (χ1) is 11.4. The largest absolute Gasteiger partial charge is 0.373 e. The predicted molar refractivity (Wildman–Crippen MR) is 115 cm³/mol. The summed E-state index contributed by atoms with van der Waals surface area (Å²) in [5.41, 5.74) is 8.55. The second-order valence-electron chi connectivity index (χ2n) is 6.49. The monoisotopic (exact) mass is 459 g/mol. The molecule has 1 amide bonds. The molecule has 1 heterocycles. The van der Waals surface area contributed by atoms with Gasteiger partial charge in [0.05, 0.1) is 0 Å². The minimum absolute atomic E-state index is 0. The molecule has 1 aliphatic rings. The van der Waals surface area contributed by atoms with E-state index in [1.54, 1.807) is 6.92 Å². The minimum Gasteiger partial charge on any atom is -0.373 e. The average molecular weight is 461 g/mol. The zero-order valence-electron chi connectivity index (χ0n) is 14.8. The van der Waals surface area contributed by atoms with Crippen LogP contribution in [-0.4, -0.2) is 30.9 Å². The van der Waals surface area contributed by atoms with E-state index < -0.39 is 5.54 Å². The van der Waals surface area contributed by atoms with Crippen molar-refractivity contribution >= 4 is 52.3 Å². The summed E-state index contributed by atoms with van der Waals surface area (Å²) >= 11 is 3.42. The van der Waals surface area contributed by atoms with E-state index >= 15 is 0 Å². The molecule has 0 aliphatic carbocycles. The number of fused-ring (bicyclic) bond motifs is 1. The molecule has 4 nitrogen and oxygen atoms in total. The maximum Gasteiger partial charge on any atom is 0.247 e. The van der Waals surface area contributed by atoms with Gasteiger partial charge >= 0.3 is 0 Å². The van der Waals surface area contributed by atoms with Crippen molar-refractivity contribution in [3.05, 3.63) is 64.1 Å². The van der Waals surface area contributed by atoms with Crippen molar-refractivity contribution in [3.8, 4) is 0 Å². The number of nitrogens with two attached hydrogens (primary N) is 1. The summed E-state index contributed by atoms with van der Waals surface area (Å²) in [6.07, 6.45) is 0. The van der Waals surface area contributed by atoms with Crippen LogP contribution in [0.5, 0.6) is 0 Å². The van der Waals surface area contributed by atoms with E-state index in [0.717, 1.165) is 22.1 Å². The van der Waals surface area contributed by atoms with Gasteiger partial charge < -0.3 is 15.5 Å². The topological polar surface area (TPSA) is 49.6 Å². The molecule has 0 aromatic heterocycles. The van der Waals surface area contributed by atoms with Gasteiger partial charge in [-0.1, -0.05) is 46.3 Å². The number of nitrogens with zero attached hydrogens (tertiary/aromatic N) is 2. The van der Waals surface area contributed by atoms with Crippen LogP contribution in [0, 0.1) is 0 Å². The molecule has 2 aromatic rings. The molecule has 1 aliphatic heterocycles. The lowest BCUT2D eigenvalue weighted by atomic mass is 9.91. The standard InChI is InChI=1S/C19H22BrN3O.2ClH/c1-19(21,15-7-9-16(20)10-8-15)18(24)23-12-11-22(2)17-6-4-3-5-14(17)13-23;;/h3-10H,11-13,21H2,1-2H3;2*1H. The SMILES string of the molecule is CN1CCN(C(=O)C(C)(N)c2ccc(Br)cc2)Cc2ccccc21.Cl.Cl. The van der Waals surface area contributed by atoms with Crippen molar-refractivity contribution in [1.82, 2.24) is 4.90 Å². The van der Waals surface area contributed by atoms with Crippen LogP contribution in [-0.2, 0) is 16.9 Å². The van der Waals surface area contributed by atoms with Gasteiger partial charge in [0.15, 0.2) is 0 Å². The smallest absolute Gasteiger partial charge is 0.247 e. The minimum atomic E-state index is -1.04. The Hall–Kier alpha value is -1.27. The van der Waals surface area contributed by atoms with E-state index in [2.05, 4.69) is 40.0 Å². The Labute approximate surface area is 175 Å². The van der Waals surface area contributed by atoms with Crippen molar-refractivity contribution in [1.29, 1.82) is 0 Å². The highest BCUT2D eigenvalue weighted by Crippen LogP contribution is 2.27. The summed E-state index contributed by atoms with van der Waals surface area (Å²) in [5, 5.41) is 0. The van der Waals surface area contributed by atoms with Crippen molar-refractivity contribution < 1.29 is 4.79 Å². The van der Waals surface area contributed by atoms with Gasteiger partial charge in [0.1, 0.15) is 5.54 Å². The highest BCUT2D eigenvalue weighted by atomic mass is 79.9. The highest BCUT2D eigenvalue weighted by Gasteiger charge is 2.35. The predicted octanol–water partition coefficient (Wildman–Crippen LogP) is 3.95. The molecule has 0 spiro atoms. The second-order valence-corrected chi connectivity index (χ2v) is 7.40. The number of rotatable bonds is 2. The molecule has 3 rings (SSSR count). The number of amides is 1. The number of halogens is 3. The summed E-state index contributed by atoms with van der Waals surface area (Å²) in [4.78, 5) is 17.2. The van der Waals surface area contributed by atoms with E-state index in [9.17, 15) is 4.79 Å². The normalized spacial score (nSPS) is 15.7. The Kier molecular flexibility index (Phi) is 7.96. The molecule has 0 fully saturated rings. The van der Waals surface area contributed by atoms with E-state index in [4.69, 9.17) is 5.73 Å². The lowest BCUT2D eigenvalue weighted by Gasteiger charge is -2.31. The Balaban J connectivity index is 0.00000169. The fraction of sp³-hybridized carbons (Fsp3) is 0.316. The Morgan fingerprint density at radius 3 is 2.35 bits per heavy atom. The quantitative estimate of drug-likeness (QED) is 0.738. The van der Waals surface area contributed by atoms with Crippen LogP contribution in [0.25, 0.3) is 0 Å². The van der Waals surface area contributed by atoms with Crippen LogP contribution in [0.15, 0.2) is 53.0 Å². The molecule has 2 N–H and O–H groups in total. The Bertz CT molecular complexity index is 753. The summed E-state index contributed by atoms with van der Waals surface area (Å²) in [6.45, 7) is 3.83. The highest BCUT2D eigenvalue weighted by molar-refractivity contribution is 9.10. The van der Waals surface area contributed by atoms with Crippen LogP contribution in [0.2, 0.25) is 0 Å². The van der Waals surface area contributed by atoms with Crippen LogP contribution in [0.1, 0.15) is 18.1 Å². The molecule has 1 atom stereocenters. The summed E-state index contributed by atoms with van der Waals surface area (Å²) < 4.78 is 0.972. The molecule has 0 saturated carbocycles. The number of hydrogen-bond acceptors (Lipinski definition) is 3. The average Bonchev–Trinajstić information content (AvgIpc) is 2.74. The maximum absolute atomic E-state index is 13.1. The lowest BCUT2D eigenvalue weighted by Crippen LogP contribution is -2.51. The Morgan fingerprint density at radius 2 is 1.69 bits per heavy atom. The van der Waals surface area contributed by atoms with Gasteiger partial charge in [0.2, 0.25) is 5.91 Å². The van der Waals surface area contributed by atoms with Gasteiger partial charge in [0, 0.05) is 36.8 Å². The third kappa shape index (κ3) is 4.52. The van der Waals surface area contributed by atoms with Crippen LogP contribution in [0.3, 0.4) is 0 Å². The number of para-hydroxylation sites is 1. The van der Waals surface area contributed by atoms with E-state index in [0.29, 0.717) is 13.1 Å². The molecular weight excluding hydrogens is 437 g/mol. The number of benzene rings is 2. The molecule has 26 heavy (non-hydrogen) atoms. The van der Waals surface area contributed by atoms with Crippen LogP contribution in [0.4, 0.5) is 5.69 Å². The fourth-order valence-electron chi connectivity index (χ4n) is 3.11. The molecule has 0 radical (unpaired) electrons. The second kappa shape index (κ2) is 9.09. The van der Waals surface area contributed by atoms with Gasteiger partial charge in [-0.25, -0.2) is 0 Å². The molecular formula is C19H24BrCl2N3O. The number of anilines is 1. The van der Waals surface area contributed by atoms with Gasteiger partial charge in [-0.05, 0) is 36.2 Å². The summed E-state index contributed by atoms with van der Waals surface area (Å²) in [6, 6.07) is 15.8. The third-order valence-electron chi connectivity index (χ3n) is 4.64. The zero-order chi connectivity index (χ0) is 17.3. The van der Waals surface area contributed by atoms with Crippen LogP contribution >= 0.6 is 40.7 Å². The number of carbonyl (C=O) groups is 1. The molecule has 0 saturated heterocycles. The van der Waals surface area contributed by atoms with E-state index in [1.807, 2.05) is 41.3 Å². The number of carbonyl (C=O) groups excluding carboxylic acids is 1. The molecule has 2 aromatic carbocycles. The van der Waals surface area contributed by atoms with Crippen LogP contribution < -0.4 is 10.6 Å². The zero-order valence-corrected chi connectivity index (χ0v) is 18.0. The van der Waals surface area contributed by atoms with E-state index in [-0.39, 0.29) is 30.7 Å². The summed E-state index contributed by atoms with van der Waals surface area (Å²) in [7, 11) is 2.06. The van der Waals surface area contributed by atoms with Gasteiger partial charge in [-0.2, -0.15) is 0 Å². The fourth-order valence-corrected chi connectivity index (χ4v) is 3.38. The van der Waals surface area contributed by atoms with Crippen molar-refractivity contribution in [3.63, 3.8) is 0 Å². The maximum atomic E-state index is 13.1. The first-order valence-electron chi connectivity index (χ1n) is 8.03. The molecule has 7 heteroatoms. The lowest BCUT2D eigenvalue weighted by molar-refractivity contribution is -0.137. The molecule has 0 bridgehead atoms. The first kappa shape index (κ1) is 22.8. The number of hydrogen-bond donors (Lipinski definition) is 1. The van der Waals surface area contributed by atoms with Gasteiger partial charge in [0.25, 0.3) is 0 Å². The van der Waals surface area contributed by atoms with Gasteiger partial charge in [-0.3, -0.25) is 4.79 Å². The van der Waals surface area contributed by atoms with Crippen molar-refractivity contribution in [2.75, 3.05) is 25.0 Å². The van der Waals surface area contributed by atoms with Crippen molar-refractivity contribution in [2.45, 2.75) is 19.0 Å². The molecule has 142 valence electrons. The third-order valence-corrected chi connectivity index (χ3v) is 5.17. The van der Waals surface area contributed by atoms with Gasteiger partial charge in [-0.15, -0.1) is 24.8 Å². The number of likely N-dealkylation sites (N-methyl/N-ethyl adjacent to an activating group) is 1. The Morgan fingerprint density at radius 1 is 1.08 bits per heavy atom. The summed E-state index contributed by atoms with van der Waals surface area (Å²) in [5.74, 6) is -0.0464. The first-order valence-corrected chi connectivity index (χ1v) is 8.82. The van der Waals surface area contributed by atoms with Crippen molar-refractivity contribution in [2.24, 2.45) is 5.73 Å². The van der Waals surface area contributed by atoms with E-state index in [1.165, 1.54) is 5.69 Å². The molecule has 1 unspecified atom stereocenters.